The molecular formula is C21H42O2. The Balaban J connectivity index is 3.09. The van der Waals surface area contributed by atoms with Gasteiger partial charge in [-0.3, -0.25) is 4.79 Å². The fourth-order valence-corrected chi connectivity index (χ4v) is 2.82. The lowest BCUT2D eigenvalue weighted by Crippen LogP contribution is -2.08. The van der Waals surface area contributed by atoms with Gasteiger partial charge in [0.2, 0.25) is 0 Å². The van der Waals surface area contributed by atoms with Crippen LogP contribution in [0.1, 0.15) is 111 Å². The van der Waals surface area contributed by atoms with Gasteiger partial charge in [-0.15, -0.1) is 0 Å². The molecule has 0 unspecified atom stereocenters. The summed E-state index contributed by atoms with van der Waals surface area (Å²) in [4.78, 5) is 11.4. The lowest BCUT2D eigenvalue weighted by Gasteiger charge is -2.06. The van der Waals surface area contributed by atoms with Gasteiger partial charge in [0.05, 0.1) is 6.61 Å². The maximum absolute atomic E-state index is 11.4. The molecule has 0 saturated heterocycles. The lowest BCUT2D eigenvalue weighted by atomic mass is 10.0. The quantitative estimate of drug-likeness (QED) is 0.227. The van der Waals surface area contributed by atoms with Crippen molar-refractivity contribution >= 4 is 5.97 Å². The first-order chi connectivity index (χ1) is 11.0. The highest BCUT2D eigenvalue weighted by Gasteiger charge is 2.05. The molecule has 0 spiro atoms. The molecular weight excluding hydrogens is 284 g/mol. The molecule has 0 radical (unpaired) electrons. The van der Waals surface area contributed by atoms with Crippen molar-refractivity contribution in [1.29, 1.82) is 0 Å². The van der Waals surface area contributed by atoms with Gasteiger partial charge in [-0.25, -0.2) is 0 Å². The summed E-state index contributed by atoms with van der Waals surface area (Å²) in [5.41, 5.74) is 0. The van der Waals surface area contributed by atoms with Crippen molar-refractivity contribution in [3.05, 3.63) is 0 Å². The number of carbonyl (C=O) groups excluding carboxylic acids is 1. The highest BCUT2D eigenvalue weighted by Crippen LogP contribution is 2.13. The average Bonchev–Trinajstić information content (AvgIpc) is 2.46. The summed E-state index contributed by atoms with van der Waals surface area (Å²) < 4.78 is 5.22. The van der Waals surface area contributed by atoms with E-state index in [-0.39, 0.29) is 5.97 Å². The minimum Gasteiger partial charge on any atom is -0.466 e. The van der Waals surface area contributed by atoms with E-state index in [4.69, 9.17) is 4.74 Å². The Morgan fingerprint density at radius 2 is 1.09 bits per heavy atom. The molecule has 23 heavy (non-hydrogen) atoms. The minimum atomic E-state index is -0.0339. The van der Waals surface area contributed by atoms with Crippen LogP contribution >= 0.6 is 0 Å². The van der Waals surface area contributed by atoms with E-state index in [0.717, 1.165) is 12.3 Å². The molecule has 138 valence electrons. The molecule has 0 aliphatic heterocycles. The third-order valence-corrected chi connectivity index (χ3v) is 4.26. The van der Waals surface area contributed by atoms with Gasteiger partial charge in [-0.2, -0.15) is 0 Å². The van der Waals surface area contributed by atoms with Crippen molar-refractivity contribution in [2.45, 2.75) is 111 Å². The van der Waals surface area contributed by atoms with E-state index in [1.165, 1.54) is 70.6 Å². The first-order valence-electron chi connectivity index (χ1n) is 10.2. The summed E-state index contributed by atoms with van der Waals surface area (Å²) in [6, 6.07) is 0. The number of unbranched alkanes of at least 4 members (excludes halogenated alkanes) is 10. The number of hydrogen-bond donors (Lipinski definition) is 0. The summed E-state index contributed by atoms with van der Waals surface area (Å²) in [6.45, 7) is 9.34. The van der Waals surface area contributed by atoms with Crippen LogP contribution in [0.2, 0.25) is 0 Å². The summed E-state index contributed by atoms with van der Waals surface area (Å²) in [5.74, 6) is 1.24. The average molecular weight is 327 g/mol. The fraction of sp³-hybridized carbons (Fsp3) is 0.952. The third kappa shape index (κ3) is 19.4. The molecule has 2 nitrogen and oxygen atoms in total. The second kappa shape index (κ2) is 16.3. The van der Waals surface area contributed by atoms with Gasteiger partial charge in [-0.05, 0) is 18.3 Å². The Bertz CT molecular complexity index is 259. The molecule has 0 N–H and O–H groups in total. The van der Waals surface area contributed by atoms with Gasteiger partial charge < -0.3 is 4.74 Å². The number of esters is 1. The maximum atomic E-state index is 11.4. The molecule has 0 fully saturated rings. The van der Waals surface area contributed by atoms with Crippen molar-refractivity contribution in [2.24, 2.45) is 11.8 Å². The van der Waals surface area contributed by atoms with Gasteiger partial charge in [0.25, 0.3) is 0 Å². The highest BCUT2D eigenvalue weighted by atomic mass is 16.5. The van der Waals surface area contributed by atoms with Crippen molar-refractivity contribution in [3.63, 3.8) is 0 Å². The topological polar surface area (TPSA) is 26.3 Å². The van der Waals surface area contributed by atoms with Crippen LogP contribution in [-0.4, -0.2) is 12.6 Å². The van der Waals surface area contributed by atoms with Crippen molar-refractivity contribution in [3.8, 4) is 0 Å². The molecule has 0 rings (SSSR count). The molecule has 0 aromatic rings. The van der Waals surface area contributed by atoms with Crippen molar-refractivity contribution < 1.29 is 9.53 Å². The lowest BCUT2D eigenvalue weighted by molar-refractivity contribution is -0.144. The van der Waals surface area contributed by atoms with E-state index < -0.39 is 0 Å². The Hall–Kier alpha value is -0.530. The van der Waals surface area contributed by atoms with E-state index in [2.05, 4.69) is 13.8 Å². The highest BCUT2D eigenvalue weighted by molar-refractivity contribution is 5.69. The van der Waals surface area contributed by atoms with Crippen LogP contribution in [0.4, 0.5) is 0 Å². The second-order valence-corrected chi connectivity index (χ2v) is 7.89. The van der Waals surface area contributed by atoms with Gasteiger partial charge >= 0.3 is 5.97 Å². The standard InChI is InChI=1S/C21H42O2/c1-19(2)16-14-12-10-8-6-5-7-9-11-13-15-17-23-21(22)18-20(3)4/h19-20H,5-18H2,1-4H3. The fourth-order valence-electron chi connectivity index (χ4n) is 2.82. The molecule has 2 heteroatoms. The largest absolute Gasteiger partial charge is 0.466 e. The monoisotopic (exact) mass is 326 g/mol. The zero-order chi connectivity index (χ0) is 17.3. The summed E-state index contributed by atoms with van der Waals surface area (Å²) in [5, 5.41) is 0. The molecule has 0 aliphatic rings. The Labute approximate surface area is 145 Å². The Morgan fingerprint density at radius 1 is 0.652 bits per heavy atom. The van der Waals surface area contributed by atoms with E-state index in [0.29, 0.717) is 18.9 Å². The molecule has 0 aromatic carbocycles. The third-order valence-electron chi connectivity index (χ3n) is 4.26. The summed E-state index contributed by atoms with van der Waals surface area (Å²) >= 11 is 0. The minimum absolute atomic E-state index is 0.0339. The Kier molecular flexibility index (Phi) is 16.0. The number of carbonyl (C=O) groups is 1. The zero-order valence-corrected chi connectivity index (χ0v) is 16.4. The van der Waals surface area contributed by atoms with Crippen LogP contribution in [-0.2, 0) is 9.53 Å². The molecule has 0 atom stereocenters. The van der Waals surface area contributed by atoms with Gasteiger partial charge in [-0.1, -0.05) is 98.3 Å². The molecule has 0 saturated carbocycles. The number of hydrogen-bond acceptors (Lipinski definition) is 2. The predicted octanol–water partition coefficient (Wildman–Crippen LogP) is 6.91. The Morgan fingerprint density at radius 3 is 1.52 bits per heavy atom. The van der Waals surface area contributed by atoms with Gasteiger partial charge in [0.1, 0.15) is 0 Å². The molecule has 0 aromatic heterocycles. The molecule has 0 amide bonds. The predicted molar refractivity (Wildman–Crippen MR) is 101 cm³/mol. The van der Waals surface area contributed by atoms with Crippen LogP contribution < -0.4 is 0 Å². The van der Waals surface area contributed by atoms with Gasteiger partial charge in [0.15, 0.2) is 0 Å². The second-order valence-electron chi connectivity index (χ2n) is 7.89. The SMILES string of the molecule is CC(C)CCCCCCCCCCCCCOC(=O)CC(C)C. The van der Waals surface area contributed by atoms with Crippen molar-refractivity contribution in [2.75, 3.05) is 6.61 Å². The number of rotatable bonds is 16. The summed E-state index contributed by atoms with van der Waals surface area (Å²) in [6.07, 6.45) is 16.7. The maximum Gasteiger partial charge on any atom is 0.306 e. The van der Waals surface area contributed by atoms with E-state index in [1.807, 2.05) is 13.8 Å². The van der Waals surface area contributed by atoms with Gasteiger partial charge in [0, 0.05) is 6.42 Å². The normalized spacial score (nSPS) is 11.4. The van der Waals surface area contributed by atoms with E-state index in [1.54, 1.807) is 0 Å². The molecule has 0 bridgehead atoms. The summed E-state index contributed by atoms with van der Waals surface area (Å²) in [7, 11) is 0. The smallest absolute Gasteiger partial charge is 0.306 e. The van der Waals surface area contributed by atoms with Crippen LogP contribution in [0.3, 0.4) is 0 Å². The van der Waals surface area contributed by atoms with Crippen LogP contribution in [0.15, 0.2) is 0 Å². The van der Waals surface area contributed by atoms with E-state index >= 15 is 0 Å². The molecule has 0 heterocycles. The van der Waals surface area contributed by atoms with Crippen LogP contribution in [0.25, 0.3) is 0 Å². The van der Waals surface area contributed by atoms with Crippen LogP contribution in [0.5, 0.6) is 0 Å². The van der Waals surface area contributed by atoms with E-state index in [9.17, 15) is 4.79 Å². The zero-order valence-electron chi connectivity index (χ0n) is 16.4. The van der Waals surface area contributed by atoms with Crippen LogP contribution in [0, 0.1) is 11.8 Å². The molecule has 0 aliphatic carbocycles. The van der Waals surface area contributed by atoms with Crippen molar-refractivity contribution in [1.82, 2.24) is 0 Å². The first kappa shape index (κ1) is 22.5. The first-order valence-corrected chi connectivity index (χ1v) is 10.2. The number of ether oxygens (including phenoxy) is 1.